The van der Waals surface area contributed by atoms with Gasteiger partial charge in [-0.05, 0) is 26.0 Å². The normalized spacial score (nSPS) is 18.4. The summed E-state index contributed by atoms with van der Waals surface area (Å²) < 4.78 is 0. The van der Waals surface area contributed by atoms with Gasteiger partial charge in [0.25, 0.3) is 5.91 Å². The van der Waals surface area contributed by atoms with Gasteiger partial charge >= 0.3 is 0 Å². The Morgan fingerprint density at radius 3 is 2.24 bits per heavy atom. The van der Waals surface area contributed by atoms with Gasteiger partial charge in [0.15, 0.2) is 0 Å². The predicted octanol–water partition coefficient (Wildman–Crippen LogP) is 2.65. The number of nitrogens with zero attached hydrogens (tertiary/aromatic N) is 2. The number of hydrogen-bond acceptors (Lipinski definition) is 4. The Morgan fingerprint density at radius 1 is 1.03 bits per heavy atom. The first kappa shape index (κ1) is 19.3. The number of anilines is 1. The maximum atomic E-state index is 12.5. The van der Waals surface area contributed by atoms with Gasteiger partial charge in [-0.1, -0.05) is 47.5 Å². The second kappa shape index (κ2) is 7.79. The summed E-state index contributed by atoms with van der Waals surface area (Å²) >= 11 is 0. The molecule has 0 bridgehead atoms. The molecule has 2 aromatic carbocycles. The fourth-order valence-electron chi connectivity index (χ4n) is 3.83. The number of rotatable bonds is 4. The van der Waals surface area contributed by atoms with E-state index < -0.39 is 5.66 Å². The Balaban J connectivity index is 1.35. The van der Waals surface area contributed by atoms with Crippen LogP contribution in [0.25, 0.3) is 0 Å². The molecule has 150 valence electrons. The van der Waals surface area contributed by atoms with E-state index in [4.69, 9.17) is 4.99 Å². The topological polar surface area (TPSA) is 73.8 Å². The minimum atomic E-state index is -0.540. The number of nitrogens with one attached hydrogen (secondary N) is 2. The zero-order valence-corrected chi connectivity index (χ0v) is 16.9. The highest BCUT2D eigenvalue weighted by molar-refractivity contribution is 6.46. The first-order valence-electron chi connectivity index (χ1n) is 10.0. The second-order valence-electron chi connectivity index (χ2n) is 8.00. The molecule has 0 aliphatic carbocycles. The molecule has 2 aliphatic heterocycles. The minimum absolute atomic E-state index is 0.0240. The number of piperidine rings is 1. The van der Waals surface area contributed by atoms with E-state index in [9.17, 15) is 9.59 Å². The molecule has 2 N–H and O–H groups in total. The van der Waals surface area contributed by atoms with Crippen LogP contribution >= 0.6 is 0 Å². The fourth-order valence-corrected chi connectivity index (χ4v) is 3.83. The quantitative estimate of drug-likeness (QED) is 0.843. The summed E-state index contributed by atoms with van der Waals surface area (Å²) in [5.74, 6) is -0.136. The third-order valence-corrected chi connectivity index (χ3v) is 5.60. The van der Waals surface area contributed by atoms with Crippen molar-refractivity contribution >= 4 is 23.2 Å². The Hall–Kier alpha value is -2.99. The van der Waals surface area contributed by atoms with E-state index in [1.165, 1.54) is 0 Å². The monoisotopic (exact) mass is 390 g/mol. The van der Waals surface area contributed by atoms with Crippen molar-refractivity contribution in [1.29, 1.82) is 0 Å². The number of hydrogen-bond donors (Lipinski definition) is 2. The zero-order chi connectivity index (χ0) is 20.4. The van der Waals surface area contributed by atoms with Crippen LogP contribution in [-0.2, 0) is 9.59 Å². The lowest BCUT2D eigenvalue weighted by atomic mass is 9.98. The lowest BCUT2D eigenvalue weighted by Gasteiger charge is -2.36. The fraction of sp³-hybridized carbons (Fsp3) is 0.348. The first-order valence-corrected chi connectivity index (χ1v) is 10.0. The van der Waals surface area contributed by atoms with Crippen molar-refractivity contribution in [2.24, 2.45) is 4.99 Å². The number of carbonyl (C=O) groups is 2. The molecule has 2 heterocycles. The van der Waals surface area contributed by atoms with Crippen LogP contribution in [0.4, 0.5) is 5.69 Å². The van der Waals surface area contributed by atoms with Gasteiger partial charge in [0.1, 0.15) is 11.4 Å². The zero-order valence-electron chi connectivity index (χ0n) is 16.9. The molecule has 6 nitrogen and oxygen atoms in total. The molecule has 2 amide bonds. The molecule has 1 spiro atoms. The molecule has 2 aliphatic rings. The molecular weight excluding hydrogens is 364 g/mol. The SMILES string of the molecule is Cc1ccc(NC(=O)CN2CCC3(CC2)N=C(c2ccc(C)cc2)C(=O)N3)cc1. The molecule has 1 fully saturated rings. The Kier molecular flexibility index (Phi) is 5.20. The molecule has 29 heavy (non-hydrogen) atoms. The molecule has 2 aromatic rings. The molecule has 0 atom stereocenters. The van der Waals surface area contributed by atoms with Crippen LogP contribution in [0.5, 0.6) is 0 Å². The van der Waals surface area contributed by atoms with E-state index in [-0.39, 0.29) is 11.8 Å². The summed E-state index contributed by atoms with van der Waals surface area (Å²) in [6.45, 7) is 5.81. The molecular formula is C23H26N4O2. The molecule has 1 saturated heterocycles. The molecule has 0 radical (unpaired) electrons. The van der Waals surface area contributed by atoms with Crippen molar-refractivity contribution in [1.82, 2.24) is 10.2 Å². The standard InChI is InChI=1S/C23H26N4O2/c1-16-3-7-18(8-4-16)21-22(29)26-23(25-21)11-13-27(14-12-23)15-20(28)24-19-9-5-17(2)6-10-19/h3-10H,11-15H2,1-2H3,(H,24,28)(H,26,29). The Morgan fingerprint density at radius 2 is 1.62 bits per heavy atom. The van der Waals surface area contributed by atoms with Gasteiger partial charge in [0.05, 0.1) is 6.54 Å². The van der Waals surface area contributed by atoms with E-state index >= 15 is 0 Å². The third-order valence-electron chi connectivity index (χ3n) is 5.60. The van der Waals surface area contributed by atoms with Gasteiger partial charge < -0.3 is 10.6 Å². The maximum absolute atomic E-state index is 12.5. The van der Waals surface area contributed by atoms with Crippen LogP contribution in [0.15, 0.2) is 53.5 Å². The van der Waals surface area contributed by atoms with Gasteiger partial charge in [-0.25, -0.2) is 0 Å². The van der Waals surface area contributed by atoms with Crippen molar-refractivity contribution in [3.8, 4) is 0 Å². The highest BCUT2D eigenvalue weighted by atomic mass is 16.2. The largest absolute Gasteiger partial charge is 0.326 e. The number of aliphatic imine (C=N–C) groups is 1. The van der Waals surface area contributed by atoms with Gasteiger partial charge in [0.2, 0.25) is 5.91 Å². The molecule has 6 heteroatoms. The maximum Gasteiger partial charge on any atom is 0.272 e. The smallest absolute Gasteiger partial charge is 0.272 e. The molecule has 0 saturated carbocycles. The highest BCUT2D eigenvalue weighted by Crippen LogP contribution is 2.28. The lowest BCUT2D eigenvalue weighted by molar-refractivity contribution is -0.119. The average molecular weight is 390 g/mol. The summed E-state index contributed by atoms with van der Waals surface area (Å²) in [5, 5.41) is 6.02. The number of likely N-dealkylation sites (tertiary alicyclic amines) is 1. The Bertz CT molecular complexity index is 940. The number of carbonyl (C=O) groups excluding carboxylic acids is 2. The number of aryl methyl sites for hydroxylation is 2. The summed E-state index contributed by atoms with van der Waals surface area (Å²) in [7, 11) is 0. The van der Waals surface area contributed by atoms with Crippen molar-refractivity contribution in [3.05, 3.63) is 65.2 Å². The van der Waals surface area contributed by atoms with E-state index in [1.54, 1.807) is 0 Å². The van der Waals surface area contributed by atoms with Crippen LogP contribution in [0, 0.1) is 13.8 Å². The van der Waals surface area contributed by atoms with Crippen LogP contribution in [-0.4, -0.2) is 47.7 Å². The van der Waals surface area contributed by atoms with Crippen LogP contribution in [0.1, 0.15) is 29.5 Å². The van der Waals surface area contributed by atoms with E-state index in [0.29, 0.717) is 38.2 Å². The first-order chi connectivity index (χ1) is 13.9. The van der Waals surface area contributed by atoms with Crippen LogP contribution in [0.2, 0.25) is 0 Å². The van der Waals surface area contributed by atoms with Gasteiger partial charge in [-0.15, -0.1) is 0 Å². The van der Waals surface area contributed by atoms with Crippen LogP contribution in [0.3, 0.4) is 0 Å². The summed E-state index contributed by atoms with van der Waals surface area (Å²) in [5.41, 5.74) is 3.94. The molecule has 0 aromatic heterocycles. The average Bonchev–Trinajstić information content (AvgIpc) is 3.02. The second-order valence-corrected chi connectivity index (χ2v) is 8.00. The highest BCUT2D eigenvalue weighted by Gasteiger charge is 2.42. The van der Waals surface area contributed by atoms with Crippen molar-refractivity contribution in [2.75, 3.05) is 25.0 Å². The predicted molar refractivity (Wildman–Crippen MR) is 114 cm³/mol. The van der Waals surface area contributed by atoms with E-state index in [2.05, 4.69) is 15.5 Å². The number of amides is 2. The third kappa shape index (κ3) is 4.38. The van der Waals surface area contributed by atoms with Crippen molar-refractivity contribution in [2.45, 2.75) is 32.4 Å². The Labute approximate surface area is 171 Å². The van der Waals surface area contributed by atoms with Crippen molar-refractivity contribution < 1.29 is 9.59 Å². The summed E-state index contributed by atoms with van der Waals surface area (Å²) in [4.78, 5) is 31.7. The summed E-state index contributed by atoms with van der Waals surface area (Å²) in [6.07, 6.45) is 1.40. The lowest BCUT2D eigenvalue weighted by Crippen LogP contribution is -2.52. The van der Waals surface area contributed by atoms with Crippen LogP contribution < -0.4 is 10.6 Å². The van der Waals surface area contributed by atoms with E-state index in [1.807, 2.05) is 62.4 Å². The molecule has 4 rings (SSSR count). The van der Waals surface area contributed by atoms with Gasteiger partial charge in [-0.2, -0.15) is 0 Å². The van der Waals surface area contributed by atoms with Gasteiger partial charge in [0, 0.05) is 37.2 Å². The van der Waals surface area contributed by atoms with E-state index in [0.717, 1.165) is 22.4 Å². The summed E-state index contributed by atoms with van der Waals surface area (Å²) in [6, 6.07) is 15.6. The van der Waals surface area contributed by atoms with Gasteiger partial charge in [-0.3, -0.25) is 19.5 Å². The molecule has 0 unspecified atom stereocenters. The minimum Gasteiger partial charge on any atom is -0.326 e. The number of benzene rings is 2. The van der Waals surface area contributed by atoms with Crippen molar-refractivity contribution in [3.63, 3.8) is 0 Å².